The molecule has 88 valence electrons. The number of hydrogen-bond donors (Lipinski definition) is 0. The first-order valence-corrected chi connectivity index (χ1v) is 6.19. The van der Waals surface area contributed by atoms with Crippen LogP contribution in [0.1, 0.15) is 44.1 Å². The van der Waals surface area contributed by atoms with Crippen molar-refractivity contribution in [2.45, 2.75) is 44.9 Å². The Morgan fingerprint density at radius 3 is 2.44 bits per heavy atom. The summed E-state index contributed by atoms with van der Waals surface area (Å²) in [7, 11) is 0. The molecule has 0 atom stereocenters. The van der Waals surface area contributed by atoms with Gasteiger partial charge in [0.2, 0.25) is 0 Å². The summed E-state index contributed by atoms with van der Waals surface area (Å²) < 4.78 is 25.7. The van der Waals surface area contributed by atoms with Crippen molar-refractivity contribution < 1.29 is 8.78 Å². The zero-order valence-corrected chi connectivity index (χ0v) is 9.52. The van der Waals surface area contributed by atoms with Gasteiger partial charge in [0.15, 0.2) is 11.6 Å². The molecule has 0 saturated heterocycles. The van der Waals surface area contributed by atoms with Gasteiger partial charge in [-0.15, -0.1) is 0 Å². The van der Waals surface area contributed by atoms with Crippen LogP contribution >= 0.6 is 0 Å². The Balaban J connectivity index is 1.86. The molecule has 1 aliphatic rings. The van der Waals surface area contributed by atoms with Gasteiger partial charge in [0, 0.05) is 0 Å². The van der Waals surface area contributed by atoms with Crippen molar-refractivity contribution in [1.29, 1.82) is 0 Å². The summed E-state index contributed by atoms with van der Waals surface area (Å²) in [4.78, 5) is 0. The van der Waals surface area contributed by atoms with Gasteiger partial charge in [0.1, 0.15) is 0 Å². The molecule has 1 aromatic rings. The van der Waals surface area contributed by atoms with Gasteiger partial charge in [0.05, 0.1) is 0 Å². The number of halogens is 2. The molecule has 0 N–H and O–H groups in total. The van der Waals surface area contributed by atoms with Crippen LogP contribution in [0.25, 0.3) is 0 Å². The van der Waals surface area contributed by atoms with Gasteiger partial charge >= 0.3 is 0 Å². The van der Waals surface area contributed by atoms with Crippen molar-refractivity contribution in [2.24, 2.45) is 5.92 Å². The molecule has 0 heterocycles. The van der Waals surface area contributed by atoms with Crippen molar-refractivity contribution in [1.82, 2.24) is 0 Å². The average Bonchev–Trinajstić information content (AvgIpc) is 2.32. The zero-order chi connectivity index (χ0) is 11.4. The predicted octanol–water partition coefficient (Wildman–Crippen LogP) is 4.48. The Morgan fingerprint density at radius 2 is 1.75 bits per heavy atom. The summed E-state index contributed by atoms with van der Waals surface area (Å²) in [5, 5.41) is 0. The van der Waals surface area contributed by atoms with E-state index in [-0.39, 0.29) is 0 Å². The molecule has 1 fully saturated rings. The van der Waals surface area contributed by atoms with Crippen LogP contribution in [0.2, 0.25) is 0 Å². The van der Waals surface area contributed by atoms with Crippen LogP contribution in [0.5, 0.6) is 0 Å². The van der Waals surface area contributed by atoms with Gasteiger partial charge in [-0.3, -0.25) is 0 Å². The van der Waals surface area contributed by atoms with Crippen molar-refractivity contribution in [2.75, 3.05) is 0 Å². The highest BCUT2D eigenvalue weighted by Gasteiger charge is 2.13. The van der Waals surface area contributed by atoms with Gasteiger partial charge in [-0.05, 0) is 36.5 Å². The Morgan fingerprint density at radius 1 is 1.00 bits per heavy atom. The average molecular weight is 224 g/mol. The smallest absolute Gasteiger partial charge is 0.159 e. The van der Waals surface area contributed by atoms with Crippen LogP contribution in [0.3, 0.4) is 0 Å². The van der Waals surface area contributed by atoms with Gasteiger partial charge in [-0.2, -0.15) is 0 Å². The molecule has 16 heavy (non-hydrogen) atoms. The first-order chi connectivity index (χ1) is 7.75. The second kappa shape index (κ2) is 5.42. The summed E-state index contributed by atoms with van der Waals surface area (Å²) in [5.41, 5.74) is 0.921. The standard InChI is InChI=1S/C14H18F2/c15-13-9-8-12(10-14(13)16)7-6-11-4-2-1-3-5-11/h8-11H,1-7H2. The minimum absolute atomic E-state index is 0.721. The minimum atomic E-state index is -0.749. The van der Waals surface area contributed by atoms with Gasteiger partial charge < -0.3 is 0 Å². The molecular formula is C14H18F2. The van der Waals surface area contributed by atoms with Crippen LogP contribution in [0.15, 0.2) is 18.2 Å². The monoisotopic (exact) mass is 224 g/mol. The third-order valence-electron chi connectivity index (χ3n) is 3.55. The SMILES string of the molecule is Fc1ccc(CCC2CCCCC2)cc1F. The second-order valence-corrected chi connectivity index (χ2v) is 4.79. The fourth-order valence-corrected chi connectivity index (χ4v) is 2.54. The molecule has 0 spiro atoms. The number of aryl methyl sites for hydroxylation is 1. The Kier molecular flexibility index (Phi) is 3.92. The van der Waals surface area contributed by atoms with E-state index in [2.05, 4.69) is 0 Å². The third-order valence-corrected chi connectivity index (χ3v) is 3.55. The van der Waals surface area contributed by atoms with E-state index in [4.69, 9.17) is 0 Å². The van der Waals surface area contributed by atoms with Crippen molar-refractivity contribution in [3.8, 4) is 0 Å². The van der Waals surface area contributed by atoms with Crippen molar-refractivity contribution in [3.63, 3.8) is 0 Å². The molecule has 2 heteroatoms. The molecule has 0 unspecified atom stereocenters. The lowest BCUT2D eigenvalue weighted by molar-refractivity contribution is 0.339. The summed E-state index contributed by atoms with van der Waals surface area (Å²) in [6.45, 7) is 0. The Bertz CT molecular complexity index is 341. The number of benzene rings is 1. The van der Waals surface area contributed by atoms with Gasteiger partial charge in [-0.1, -0.05) is 38.2 Å². The molecular weight excluding hydrogens is 206 g/mol. The highest BCUT2D eigenvalue weighted by Crippen LogP contribution is 2.27. The maximum absolute atomic E-state index is 13.0. The fraction of sp³-hybridized carbons (Fsp3) is 0.571. The van der Waals surface area contributed by atoms with Crippen LogP contribution in [-0.2, 0) is 6.42 Å². The summed E-state index contributed by atoms with van der Waals surface area (Å²) >= 11 is 0. The first kappa shape index (κ1) is 11.6. The molecule has 1 aliphatic carbocycles. The Labute approximate surface area is 95.7 Å². The highest BCUT2D eigenvalue weighted by atomic mass is 19.2. The third kappa shape index (κ3) is 3.03. The van der Waals surface area contributed by atoms with Crippen molar-refractivity contribution in [3.05, 3.63) is 35.4 Å². The van der Waals surface area contributed by atoms with E-state index in [9.17, 15) is 8.78 Å². The molecule has 0 aromatic heterocycles. The molecule has 0 aliphatic heterocycles. The fourth-order valence-electron chi connectivity index (χ4n) is 2.54. The van der Waals surface area contributed by atoms with E-state index >= 15 is 0 Å². The van der Waals surface area contributed by atoms with Crippen LogP contribution < -0.4 is 0 Å². The van der Waals surface area contributed by atoms with Crippen LogP contribution in [0.4, 0.5) is 8.78 Å². The Hall–Kier alpha value is -0.920. The van der Waals surface area contributed by atoms with Crippen LogP contribution in [0, 0.1) is 17.6 Å². The molecule has 1 aromatic carbocycles. The number of rotatable bonds is 3. The summed E-state index contributed by atoms with van der Waals surface area (Å²) in [5.74, 6) is -0.676. The molecule has 0 amide bonds. The van der Waals surface area contributed by atoms with E-state index in [0.29, 0.717) is 0 Å². The van der Waals surface area contributed by atoms with E-state index < -0.39 is 11.6 Å². The lowest BCUT2D eigenvalue weighted by Gasteiger charge is -2.21. The van der Waals surface area contributed by atoms with Gasteiger partial charge in [-0.25, -0.2) is 8.78 Å². The quantitative estimate of drug-likeness (QED) is 0.710. The molecule has 0 radical (unpaired) electrons. The van der Waals surface area contributed by atoms with Crippen LogP contribution in [-0.4, -0.2) is 0 Å². The van der Waals surface area contributed by atoms with E-state index in [1.165, 1.54) is 44.2 Å². The summed E-state index contributed by atoms with van der Waals surface area (Å²) in [6, 6.07) is 4.25. The molecule has 2 rings (SSSR count). The first-order valence-electron chi connectivity index (χ1n) is 6.19. The predicted molar refractivity (Wildman–Crippen MR) is 61.3 cm³/mol. The zero-order valence-electron chi connectivity index (χ0n) is 9.52. The highest BCUT2D eigenvalue weighted by molar-refractivity contribution is 5.17. The maximum atomic E-state index is 13.0. The topological polar surface area (TPSA) is 0 Å². The number of hydrogen-bond acceptors (Lipinski definition) is 0. The molecule has 1 saturated carbocycles. The molecule has 0 nitrogen and oxygen atoms in total. The summed E-state index contributed by atoms with van der Waals surface area (Å²) in [6.07, 6.45) is 8.65. The maximum Gasteiger partial charge on any atom is 0.159 e. The van der Waals surface area contributed by atoms with Gasteiger partial charge in [0.25, 0.3) is 0 Å². The normalized spacial score (nSPS) is 17.6. The lowest BCUT2D eigenvalue weighted by Crippen LogP contribution is -2.07. The largest absolute Gasteiger partial charge is 0.204 e. The molecule has 0 bridgehead atoms. The van der Waals surface area contributed by atoms with Crippen molar-refractivity contribution >= 4 is 0 Å². The van der Waals surface area contributed by atoms with E-state index in [1.807, 2.05) is 0 Å². The lowest BCUT2D eigenvalue weighted by atomic mass is 9.85. The van der Waals surface area contributed by atoms with E-state index in [1.54, 1.807) is 6.07 Å². The minimum Gasteiger partial charge on any atom is -0.204 e. The second-order valence-electron chi connectivity index (χ2n) is 4.79. The van der Waals surface area contributed by atoms with E-state index in [0.717, 1.165) is 24.3 Å².